The van der Waals surface area contributed by atoms with Crippen LogP contribution in [0.4, 0.5) is 11.4 Å². The maximum absolute atomic E-state index is 6.22. The minimum Gasteiger partial charge on any atom is -0.401 e. The van der Waals surface area contributed by atoms with Crippen molar-refractivity contribution in [3.8, 4) is 0 Å². The normalized spacial score (nSPS) is 17.0. The zero-order chi connectivity index (χ0) is 15.7. The van der Waals surface area contributed by atoms with Gasteiger partial charge in [0, 0.05) is 28.0 Å². The summed E-state index contributed by atoms with van der Waals surface area (Å²) in [6.07, 6.45) is 0. The first kappa shape index (κ1) is 14.9. The van der Waals surface area contributed by atoms with Gasteiger partial charge in [-0.25, -0.2) is 5.84 Å². The largest absolute Gasteiger partial charge is 0.401 e. The molecule has 0 radical (unpaired) electrons. The number of halogens is 1. The Morgan fingerprint density at radius 2 is 1.86 bits per heavy atom. The summed E-state index contributed by atoms with van der Waals surface area (Å²) in [5, 5.41) is 1.74. The molecule has 1 heterocycles. The van der Waals surface area contributed by atoms with Gasteiger partial charge in [0.15, 0.2) is 0 Å². The lowest BCUT2D eigenvalue weighted by Gasteiger charge is -2.24. The Hall–Kier alpha value is -1.98. The van der Waals surface area contributed by atoms with E-state index in [2.05, 4.69) is 45.1 Å². The summed E-state index contributed by atoms with van der Waals surface area (Å²) < 4.78 is 1.06. The molecule has 0 aromatic heterocycles. The van der Waals surface area contributed by atoms with Gasteiger partial charge in [-0.15, -0.1) is 0 Å². The summed E-state index contributed by atoms with van der Waals surface area (Å²) in [6, 6.07) is 16.5. The number of hydrogen-bond donors (Lipinski definition) is 2. The van der Waals surface area contributed by atoms with Crippen LogP contribution in [0.3, 0.4) is 0 Å². The molecular formula is C17H19BrN4. The number of anilines is 2. The van der Waals surface area contributed by atoms with Gasteiger partial charge in [0.1, 0.15) is 0 Å². The molecule has 5 heteroatoms. The van der Waals surface area contributed by atoms with Gasteiger partial charge in [-0.05, 0) is 31.2 Å². The van der Waals surface area contributed by atoms with Crippen LogP contribution in [0.15, 0.2) is 58.7 Å². The van der Waals surface area contributed by atoms with Crippen molar-refractivity contribution in [2.24, 2.45) is 11.6 Å². The summed E-state index contributed by atoms with van der Waals surface area (Å²) in [6.45, 7) is 3.38. The average Bonchev–Trinajstić information content (AvgIpc) is 2.63. The van der Waals surface area contributed by atoms with Gasteiger partial charge in [-0.2, -0.15) is 0 Å². The predicted octanol–water partition coefficient (Wildman–Crippen LogP) is 3.42. The third-order valence-corrected chi connectivity index (χ3v) is 4.29. The molecule has 114 valence electrons. The first-order valence-corrected chi connectivity index (χ1v) is 7.98. The number of allylic oxidation sites excluding steroid dienone is 1. The van der Waals surface area contributed by atoms with E-state index in [9.17, 15) is 0 Å². The maximum atomic E-state index is 6.22. The molecule has 0 aliphatic carbocycles. The van der Waals surface area contributed by atoms with Crippen LogP contribution in [-0.2, 0) is 0 Å². The van der Waals surface area contributed by atoms with Crippen molar-refractivity contribution in [1.82, 2.24) is 5.01 Å². The van der Waals surface area contributed by atoms with E-state index in [0.29, 0.717) is 6.54 Å². The highest BCUT2D eigenvalue weighted by atomic mass is 79.9. The van der Waals surface area contributed by atoms with Crippen LogP contribution in [0, 0.1) is 0 Å². The van der Waals surface area contributed by atoms with E-state index in [1.807, 2.05) is 31.2 Å². The Labute approximate surface area is 139 Å². The third-order valence-electron chi connectivity index (χ3n) is 3.80. The van der Waals surface area contributed by atoms with Crippen molar-refractivity contribution in [3.05, 3.63) is 64.3 Å². The molecule has 0 saturated heterocycles. The first-order valence-electron chi connectivity index (χ1n) is 7.19. The fourth-order valence-corrected chi connectivity index (χ4v) is 3.24. The quantitative estimate of drug-likeness (QED) is 0.766. The lowest BCUT2D eigenvalue weighted by atomic mass is 10.1. The molecule has 22 heavy (non-hydrogen) atoms. The van der Waals surface area contributed by atoms with Crippen LogP contribution >= 0.6 is 15.9 Å². The molecule has 2 aromatic carbocycles. The number of para-hydroxylation sites is 1. The minimum atomic E-state index is 0.699. The number of nitrogens with zero attached hydrogens (tertiary/aromatic N) is 2. The van der Waals surface area contributed by atoms with Crippen LogP contribution in [0.1, 0.15) is 12.5 Å². The molecule has 0 unspecified atom stereocenters. The van der Waals surface area contributed by atoms with Crippen molar-refractivity contribution in [2.75, 3.05) is 18.0 Å². The molecule has 0 atom stereocenters. The first-order chi connectivity index (χ1) is 10.6. The van der Waals surface area contributed by atoms with E-state index in [4.69, 9.17) is 11.6 Å². The van der Waals surface area contributed by atoms with E-state index in [1.54, 1.807) is 5.01 Å². The summed E-state index contributed by atoms with van der Waals surface area (Å²) >= 11 is 3.54. The molecule has 1 aliphatic heterocycles. The highest BCUT2D eigenvalue weighted by molar-refractivity contribution is 9.10. The molecule has 0 spiro atoms. The van der Waals surface area contributed by atoms with Crippen molar-refractivity contribution < 1.29 is 0 Å². The molecule has 0 fully saturated rings. The topological polar surface area (TPSA) is 58.5 Å². The SMILES string of the molecule is C/C(N)=C1\c2ccccc2N(c2cccc(Br)c2)CCN1N. The fourth-order valence-electron chi connectivity index (χ4n) is 2.86. The Bertz CT molecular complexity index is 722. The van der Waals surface area contributed by atoms with Gasteiger partial charge in [0.05, 0.1) is 17.9 Å². The van der Waals surface area contributed by atoms with E-state index in [-0.39, 0.29) is 0 Å². The van der Waals surface area contributed by atoms with E-state index < -0.39 is 0 Å². The van der Waals surface area contributed by atoms with Crippen LogP contribution in [0.2, 0.25) is 0 Å². The maximum Gasteiger partial charge on any atom is 0.0795 e. The molecule has 0 saturated carbocycles. The lowest BCUT2D eigenvalue weighted by Crippen LogP contribution is -2.34. The van der Waals surface area contributed by atoms with Gasteiger partial charge >= 0.3 is 0 Å². The molecule has 1 aliphatic rings. The molecular weight excluding hydrogens is 340 g/mol. The second-order valence-corrected chi connectivity index (χ2v) is 6.29. The second kappa shape index (κ2) is 6.02. The monoisotopic (exact) mass is 358 g/mol. The Morgan fingerprint density at radius 1 is 1.09 bits per heavy atom. The van der Waals surface area contributed by atoms with Crippen LogP contribution in [0.5, 0.6) is 0 Å². The third kappa shape index (κ3) is 2.69. The van der Waals surface area contributed by atoms with Crippen molar-refractivity contribution >= 4 is 33.0 Å². The highest BCUT2D eigenvalue weighted by Gasteiger charge is 2.23. The van der Waals surface area contributed by atoms with Gasteiger partial charge < -0.3 is 15.6 Å². The van der Waals surface area contributed by atoms with Gasteiger partial charge in [-0.1, -0.05) is 40.2 Å². The van der Waals surface area contributed by atoms with Crippen molar-refractivity contribution in [2.45, 2.75) is 6.92 Å². The zero-order valence-corrected chi connectivity index (χ0v) is 14.0. The van der Waals surface area contributed by atoms with Crippen LogP contribution in [-0.4, -0.2) is 18.1 Å². The lowest BCUT2D eigenvalue weighted by molar-refractivity contribution is 0.428. The summed E-state index contributed by atoms with van der Waals surface area (Å²) in [5.74, 6) is 6.22. The van der Waals surface area contributed by atoms with Gasteiger partial charge in [-0.3, -0.25) is 0 Å². The Morgan fingerprint density at radius 3 is 2.59 bits per heavy atom. The number of hydrazine groups is 1. The highest BCUT2D eigenvalue weighted by Crippen LogP contribution is 2.36. The molecule has 4 nitrogen and oxygen atoms in total. The molecule has 0 amide bonds. The molecule has 0 bridgehead atoms. The number of rotatable bonds is 1. The molecule has 2 aromatic rings. The van der Waals surface area contributed by atoms with Crippen LogP contribution in [0.25, 0.3) is 5.70 Å². The summed E-state index contributed by atoms with van der Waals surface area (Å²) in [7, 11) is 0. The fraction of sp³-hybridized carbons (Fsp3) is 0.176. The summed E-state index contributed by atoms with van der Waals surface area (Å²) in [4.78, 5) is 2.27. The average molecular weight is 359 g/mol. The zero-order valence-electron chi connectivity index (χ0n) is 12.5. The summed E-state index contributed by atoms with van der Waals surface area (Å²) in [5.41, 5.74) is 11.0. The number of benzene rings is 2. The number of fused-ring (bicyclic) bond motifs is 1. The van der Waals surface area contributed by atoms with E-state index in [0.717, 1.165) is 39.3 Å². The molecule has 4 N–H and O–H groups in total. The van der Waals surface area contributed by atoms with E-state index in [1.165, 1.54) is 0 Å². The Balaban J connectivity index is 2.18. The predicted molar refractivity (Wildman–Crippen MR) is 95.3 cm³/mol. The van der Waals surface area contributed by atoms with Crippen LogP contribution < -0.4 is 16.5 Å². The van der Waals surface area contributed by atoms with Gasteiger partial charge in [0.2, 0.25) is 0 Å². The number of hydrogen-bond acceptors (Lipinski definition) is 4. The standard InChI is InChI=1S/C17H19BrN4/c1-12(19)17-15-7-2-3-8-16(15)21(9-10-22(17)20)14-6-4-5-13(18)11-14/h2-8,11H,9-10,19-20H2,1H3/b17-12-. The Kier molecular flexibility index (Phi) is 4.09. The van der Waals surface area contributed by atoms with Gasteiger partial charge in [0.25, 0.3) is 0 Å². The number of nitrogens with two attached hydrogens (primary N) is 2. The second-order valence-electron chi connectivity index (χ2n) is 5.37. The van der Waals surface area contributed by atoms with E-state index >= 15 is 0 Å². The molecule has 3 rings (SSSR count). The van der Waals surface area contributed by atoms with Crippen molar-refractivity contribution in [1.29, 1.82) is 0 Å². The minimum absolute atomic E-state index is 0.699. The smallest absolute Gasteiger partial charge is 0.0795 e. The van der Waals surface area contributed by atoms with Crippen molar-refractivity contribution in [3.63, 3.8) is 0 Å².